The molecule has 1 aliphatic rings. The van der Waals surface area contributed by atoms with Crippen molar-refractivity contribution in [3.8, 4) is 5.75 Å². The van der Waals surface area contributed by atoms with Gasteiger partial charge in [-0.25, -0.2) is 13.1 Å². The highest BCUT2D eigenvalue weighted by atomic mass is 32.2. The van der Waals surface area contributed by atoms with Gasteiger partial charge < -0.3 is 14.0 Å². The van der Waals surface area contributed by atoms with E-state index in [0.717, 1.165) is 0 Å². The number of alkyl halides is 2. The number of benzene rings is 1. The number of nitrogens with one attached hydrogen (secondary N) is 1. The molecule has 10 heteroatoms. The Balaban J connectivity index is 2.57. The molecular weight excluding hydrogens is 391 g/mol. The fourth-order valence-corrected chi connectivity index (χ4v) is 4.50. The summed E-state index contributed by atoms with van der Waals surface area (Å²) < 4.78 is 70.7. The summed E-state index contributed by atoms with van der Waals surface area (Å²) in [6.07, 6.45) is 0. The maximum Gasteiger partial charge on any atom is 0.498 e. The van der Waals surface area contributed by atoms with Crippen molar-refractivity contribution in [3.05, 3.63) is 17.7 Å². The summed E-state index contributed by atoms with van der Waals surface area (Å²) in [6, 6.07) is 2.74. The van der Waals surface area contributed by atoms with E-state index < -0.39 is 40.5 Å². The van der Waals surface area contributed by atoms with Gasteiger partial charge in [0, 0.05) is 16.6 Å². The average molecular weight is 419 g/mol. The highest BCUT2D eigenvalue weighted by molar-refractivity contribution is 7.89. The van der Waals surface area contributed by atoms with E-state index in [0.29, 0.717) is 0 Å². The molecule has 1 aromatic carbocycles. The summed E-state index contributed by atoms with van der Waals surface area (Å²) in [5.74, 6) is -0.259. The number of ether oxygens (including phenoxy) is 1. The Morgan fingerprint density at radius 1 is 1.11 bits per heavy atom. The number of hydrogen-bond acceptors (Lipinski definition) is 5. The van der Waals surface area contributed by atoms with Crippen LogP contribution < -0.4 is 14.9 Å². The van der Waals surface area contributed by atoms with Gasteiger partial charge in [0.05, 0.1) is 16.1 Å². The molecule has 1 saturated heterocycles. The van der Waals surface area contributed by atoms with Crippen LogP contribution in [0.3, 0.4) is 0 Å². The van der Waals surface area contributed by atoms with Crippen molar-refractivity contribution >= 4 is 22.6 Å². The molecule has 0 spiro atoms. The molecule has 0 atom stereocenters. The Labute approximate surface area is 166 Å². The maximum atomic E-state index is 13.1. The third-order valence-corrected chi connectivity index (χ3v) is 6.73. The minimum Gasteiger partial charge on any atom is -0.435 e. The first-order valence-electron chi connectivity index (χ1n) is 8.95. The average Bonchev–Trinajstić information content (AvgIpc) is 2.65. The fourth-order valence-electron chi connectivity index (χ4n) is 2.84. The molecule has 0 unspecified atom stereocenters. The van der Waals surface area contributed by atoms with Crippen LogP contribution in [-0.2, 0) is 19.3 Å². The van der Waals surface area contributed by atoms with E-state index in [-0.39, 0.29) is 21.7 Å². The van der Waals surface area contributed by atoms with E-state index in [1.165, 1.54) is 19.1 Å². The Morgan fingerprint density at radius 2 is 1.61 bits per heavy atom. The van der Waals surface area contributed by atoms with Crippen molar-refractivity contribution in [2.45, 2.75) is 83.6 Å². The lowest BCUT2D eigenvalue weighted by Gasteiger charge is -2.32. The second-order valence-electron chi connectivity index (χ2n) is 8.93. The summed E-state index contributed by atoms with van der Waals surface area (Å²) in [5.41, 5.74) is -1.84. The van der Waals surface area contributed by atoms with Gasteiger partial charge in [-0.15, -0.1) is 0 Å². The fraction of sp³-hybridized carbons (Fsp3) is 0.667. The van der Waals surface area contributed by atoms with Crippen LogP contribution in [0.25, 0.3) is 0 Å². The highest BCUT2D eigenvalue weighted by Crippen LogP contribution is 2.38. The van der Waals surface area contributed by atoms with Crippen LogP contribution in [0.15, 0.2) is 17.0 Å². The van der Waals surface area contributed by atoms with E-state index in [9.17, 15) is 17.2 Å². The lowest BCUT2D eigenvalue weighted by Crippen LogP contribution is -2.41. The van der Waals surface area contributed by atoms with E-state index >= 15 is 0 Å². The molecule has 0 aliphatic carbocycles. The molecule has 0 saturated carbocycles. The van der Waals surface area contributed by atoms with E-state index in [1.54, 1.807) is 20.8 Å². The molecule has 28 heavy (non-hydrogen) atoms. The minimum absolute atomic E-state index is 0.0595. The molecule has 1 N–H and O–H groups in total. The van der Waals surface area contributed by atoms with E-state index in [2.05, 4.69) is 4.72 Å². The second-order valence-corrected chi connectivity index (χ2v) is 10.6. The zero-order valence-electron chi connectivity index (χ0n) is 17.5. The summed E-state index contributed by atoms with van der Waals surface area (Å²) in [7, 11) is -4.92. The quantitative estimate of drug-likeness (QED) is 0.743. The molecule has 1 aromatic rings. The van der Waals surface area contributed by atoms with Gasteiger partial charge in [-0.05, 0) is 61.5 Å². The van der Waals surface area contributed by atoms with Crippen LogP contribution >= 0.6 is 0 Å². The number of rotatable bonds is 5. The van der Waals surface area contributed by atoms with Crippen molar-refractivity contribution < 1.29 is 31.2 Å². The third-order valence-electron chi connectivity index (χ3n) is 4.83. The molecule has 158 valence electrons. The zero-order valence-corrected chi connectivity index (χ0v) is 18.3. The van der Waals surface area contributed by atoms with Gasteiger partial charge in [0.15, 0.2) is 0 Å². The standard InChI is InChI=1S/C18H28BF2NO5S/c1-11-13(28(23,24)22-16(2,3)4)10-9-12(14(11)25-15(20)21)19-26-17(5,6)18(7,8)27-19/h9-10,15,22H,1-8H3. The first kappa shape index (κ1) is 23.1. The van der Waals surface area contributed by atoms with E-state index in [1.807, 2.05) is 27.7 Å². The Bertz CT molecular complexity index is 834. The third kappa shape index (κ3) is 4.67. The van der Waals surface area contributed by atoms with E-state index in [4.69, 9.17) is 14.0 Å². The Kier molecular flexibility index (Phi) is 5.95. The summed E-state index contributed by atoms with van der Waals surface area (Å²) in [5, 5.41) is 0. The lowest BCUT2D eigenvalue weighted by atomic mass is 9.77. The SMILES string of the molecule is Cc1c(S(=O)(=O)NC(C)(C)C)ccc(B2OC(C)(C)C(C)(C)O2)c1OC(F)F. The molecule has 0 radical (unpaired) electrons. The first-order chi connectivity index (χ1) is 12.5. The van der Waals surface area contributed by atoms with Crippen molar-refractivity contribution in [3.63, 3.8) is 0 Å². The van der Waals surface area contributed by atoms with Gasteiger partial charge in [0.2, 0.25) is 10.0 Å². The molecular formula is C18H28BF2NO5S. The molecule has 1 fully saturated rings. The zero-order chi connectivity index (χ0) is 21.7. The van der Waals surface area contributed by atoms with Gasteiger partial charge in [-0.1, -0.05) is 6.07 Å². The smallest absolute Gasteiger partial charge is 0.435 e. The monoisotopic (exact) mass is 419 g/mol. The van der Waals surface area contributed by atoms with Crippen molar-refractivity contribution in [2.75, 3.05) is 0 Å². The topological polar surface area (TPSA) is 73.9 Å². The van der Waals surface area contributed by atoms with Crippen LogP contribution in [0, 0.1) is 6.92 Å². The second kappa shape index (κ2) is 7.23. The van der Waals surface area contributed by atoms with Crippen LogP contribution in [0.4, 0.5) is 8.78 Å². The van der Waals surface area contributed by atoms with Gasteiger partial charge >= 0.3 is 13.7 Å². The summed E-state index contributed by atoms with van der Waals surface area (Å²) in [4.78, 5) is -0.140. The molecule has 6 nitrogen and oxygen atoms in total. The van der Waals surface area contributed by atoms with Crippen LogP contribution in [0.5, 0.6) is 5.75 Å². The predicted molar refractivity (Wildman–Crippen MR) is 104 cm³/mol. The molecule has 0 amide bonds. The largest absolute Gasteiger partial charge is 0.498 e. The van der Waals surface area contributed by atoms with Crippen LogP contribution in [-0.4, -0.2) is 38.9 Å². The van der Waals surface area contributed by atoms with Crippen molar-refractivity contribution in [1.29, 1.82) is 0 Å². The molecule has 0 bridgehead atoms. The first-order valence-corrected chi connectivity index (χ1v) is 10.4. The number of sulfonamides is 1. The highest BCUT2D eigenvalue weighted by Gasteiger charge is 2.53. The predicted octanol–water partition coefficient (Wildman–Crippen LogP) is 2.97. The molecule has 2 rings (SSSR count). The summed E-state index contributed by atoms with van der Waals surface area (Å²) >= 11 is 0. The normalized spacial score (nSPS) is 19.3. The summed E-state index contributed by atoms with van der Waals surface area (Å²) in [6.45, 7) is 10.7. The molecule has 1 aliphatic heterocycles. The van der Waals surface area contributed by atoms with Crippen LogP contribution in [0.1, 0.15) is 54.0 Å². The Hall–Kier alpha value is -1.23. The van der Waals surface area contributed by atoms with Crippen molar-refractivity contribution in [1.82, 2.24) is 4.72 Å². The van der Waals surface area contributed by atoms with Gasteiger partial charge in [0.25, 0.3) is 0 Å². The van der Waals surface area contributed by atoms with Gasteiger partial charge in [0.1, 0.15) is 5.75 Å². The van der Waals surface area contributed by atoms with Crippen LogP contribution in [0.2, 0.25) is 0 Å². The van der Waals surface area contributed by atoms with Gasteiger partial charge in [-0.3, -0.25) is 0 Å². The van der Waals surface area contributed by atoms with Gasteiger partial charge in [-0.2, -0.15) is 8.78 Å². The number of halogens is 2. The van der Waals surface area contributed by atoms with Crippen molar-refractivity contribution in [2.24, 2.45) is 0 Å². The minimum atomic E-state index is -3.95. The Morgan fingerprint density at radius 3 is 2.04 bits per heavy atom. The molecule has 0 aromatic heterocycles. The maximum absolute atomic E-state index is 13.1. The number of hydrogen-bond donors (Lipinski definition) is 1. The lowest BCUT2D eigenvalue weighted by molar-refractivity contribution is -0.0498. The molecule has 1 heterocycles.